The number of rotatable bonds is 7. The topological polar surface area (TPSA) is 73.6 Å². The molecule has 100 valence electrons. The third-order valence-electron chi connectivity index (χ3n) is 2.25. The number of amides is 1. The van der Waals surface area contributed by atoms with Gasteiger partial charge < -0.3 is 15.2 Å². The van der Waals surface area contributed by atoms with Crippen molar-refractivity contribution < 1.29 is 14.3 Å². The van der Waals surface area contributed by atoms with Crippen LogP contribution in [0.3, 0.4) is 0 Å². The van der Waals surface area contributed by atoms with E-state index in [0.717, 1.165) is 12.0 Å². The molecule has 0 aliphatic carbocycles. The Morgan fingerprint density at radius 2 is 1.94 bits per heavy atom. The van der Waals surface area contributed by atoms with Gasteiger partial charge in [-0.3, -0.25) is 5.32 Å². The highest BCUT2D eigenvalue weighted by Crippen LogP contribution is 2.09. The molecule has 0 unspecified atom stereocenters. The van der Waals surface area contributed by atoms with Crippen molar-refractivity contribution in [2.45, 2.75) is 19.9 Å². The monoisotopic (exact) mass is 252 g/mol. The lowest BCUT2D eigenvalue weighted by molar-refractivity contribution is 0.0786. The number of hydrogen-bond acceptors (Lipinski definition) is 4. The molecule has 5 heteroatoms. The maximum atomic E-state index is 11.4. The SMILES string of the molecule is CCCOCCOC(=O)Nc1ccc(CN)cc1. The summed E-state index contributed by atoms with van der Waals surface area (Å²) in [5, 5.41) is 2.63. The number of nitrogens with one attached hydrogen (secondary N) is 1. The molecule has 0 aromatic heterocycles. The van der Waals surface area contributed by atoms with Crippen molar-refractivity contribution in [3.63, 3.8) is 0 Å². The van der Waals surface area contributed by atoms with Gasteiger partial charge in [-0.25, -0.2) is 4.79 Å². The van der Waals surface area contributed by atoms with Crippen LogP contribution in [0.4, 0.5) is 10.5 Å². The molecule has 0 saturated carbocycles. The molecule has 0 aliphatic heterocycles. The van der Waals surface area contributed by atoms with E-state index in [9.17, 15) is 4.79 Å². The maximum Gasteiger partial charge on any atom is 0.411 e. The van der Waals surface area contributed by atoms with Gasteiger partial charge in [0.05, 0.1) is 6.61 Å². The Kier molecular flexibility index (Phi) is 6.83. The molecular weight excluding hydrogens is 232 g/mol. The number of ether oxygens (including phenoxy) is 2. The van der Waals surface area contributed by atoms with E-state index in [-0.39, 0.29) is 6.61 Å². The fourth-order valence-electron chi connectivity index (χ4n) is 1.32. The molecule has 1 rings (SSSR count). The predicted octanol–water partition coefficient (Wildman–Crippen LogP) is 2.12. The Bertz CT molecular complexity index is 352. The first-order chi connectivity index (χ1) is 8.76. The van der Waals surface area contributed by atoms with Gasteiger partial charge in [0.2, 0.25) is 0 Å². The van der Waals surface area contributed by atoms with Gasteiger partial charge >= 0.3 is 6.09 Å². The highest BCUT2D eigenvalue weighted by Gasteiger charge is 2.02. The molecule has 3 N–H and O–H groups in total. The minimum Gasteiger partial charge on any atom is -0.447 e. The Hall–Kier alpha value is -1.59. The second-order valence-corrected chi connectivity index (χ2v) is 3.77. The molecule has 5 nitrogen and oxygen atoms in total. The van der Waals surface area contributed by atoms with Crippen molar-refractivity contribution in [1.82, 2.24) is 0 Å². The quantitative estimate of drug-likeness (QED) is 0.729. The Labute approximate surface area is 107 Å². The average molecular weight is 252 g/mol. The number of carbonyl (C=O) groups excluding carboxylic acids is 1. The molecule has 0 atom stereocenters. The first kappa shape index (κ1) is 14.5. The third-order valence-corrected chi connectivity index (χ3v) is 2.25. The van der Waals surface area contributed by atoms with Gasteiger partial charge in [-0.15, -0.1) is 0 Å². The molecule has 0 aliphatic rings. The summed E-state index contributed by atoms with van der Waals surface area (Å²) in [6.07, 6.45) is 0.482. The van der Waals surface area contributed by atoms with Gasteiger partial charge in [-0.2, -0.15) is 0 Å². The molecule has 1 aromatic carbocycles. The number of carbonyl (C=O) groups is 1. The van der Waals surface area contributed by atoms with E-state index < -0.39 is 6.09 Å². The Morgan fingerprint density at radius 3 is 2.56 bits per heavy atom. The summed E-state index contributed by atoms with van der Waals surface area (Å²) >= 11 is 0. The number of benzene rings is 1. The normalized spacial score (nSPS) is 10.1. The lowest BCUT2D eigenvalue weighted by atomic mass is 10.2. The van der Waals surface area contributed by atoms with Crippen LogP contribution in [0.2, 0.25) is 0 Å². The third kappa shape index (κ3) is 5.65. The van der Waals surface area contributed by atoms with Crippen molar-refractivity contribution in [1.29, 1.82) is 0 Å². The fraction of sp³-hybridized carbons (Fsp3) is 0.462. The zero-order valence-electron chi connectivity index (χ0n) is 10.6. The van der Waals surface area contributed by atoms with Crippen LogP contribution in [-0.2, 0) is 16.0 Å². The summed E-state index contributed by atoms with van der Waals surface area (Å²) in [7, 11) is 0. The van der Waals surface area contributed by atoms with E-state index in [0.29, 0.717) is 25.4 Å². The largest absolute Gasteiger partial charge is 0.447 e. The van der Waals surface area contributed by atoms with Crippen molar-refractivity contribution in [3.8, 4) is 0 Å². The Morgan fingerprint density at radius 1 is 1.22 bits per heavy atom. The molecule has 0 radical (unpaired) electrons. The molecular formula is C13H20N2O3. The van der Waals surface area contributed by atoms with Crippen molar-refractivity contribution in [2.75, 3.05) is 25.1 Å². The van der Waals surface area contributed by atoms with Crippen LogP contribution >= 0.6 is 0 Å². The Balaban J connectivity index is 2.22. The highest BCUT2D eigenvalue weighted by molar-refractivity contribution is 5.84. The van der Waals surface area contributed by atoms with Crippen LogP contribution in [0, 0.1) is 0 Å². The summed E-state index contributed by atoms with van der Waals surface area (Å²) in [5.41, 5.74) is 7.18. The molecule has 0 heterocycles. The molecule has 1 aromatic rings. The molecule has 0 fully saturated rings. The molecule has 1 amide bonds. The van der Waals surface area contributed by atoms with Crippen LogP contribution in [0.15, 0.2) is 24.3 Å². The zero-order chi connectivity index (χ0) is 13.2. The van der Waals surface area contributed by atoms with E-state index >= 15 is 0 Å². The second-order valence-electron chi connectivity index (χ2n) is 3.77. The molecule has 18 heavy (non-hydrogen) atoms. The van der Waals surface area contributed by atoms with Gasteiger partial charge in [0.1, 0.15) is 6.61 Å². The van der Waals surface area contributed by atoms with E-state index in [1.165, 1.54) is 0 Å². The summed E-state index contributed by atoms with van der Waals surface area (Å²) in [5.74, 6) is 0. The number of hydrogen-bond donors (Lipinski definition) is 2. The van der Waals surface area contributed by atoms with Crippen molar-refractivity contribution in [3.05, 3.63) is 29.8 Å². The predicted molar refractivity (Wildman–Crippen MR) is 70.4 cm³/mol. The van der Waals surface area contributed by atoms with Crippen LogP contribution in [-0.4, -0.2) is 25.9 Å². The van der Waals surface area contributed by atoms with Gasteiger partial charge in [-0.1, -0.05) is 19.1 Å². The maximum absolute atomic E-state index is 11.4. The average Bonchev–Trinajstić information content (AvgIpc) is 2.39. The van der Waals surface area contributed by atoms with Gasteiger partial charge in [-0.05, 0) is 24.1 Å². The van der Waals surface area contributed by atoms with Crippen LogP contribution in [0.1, 0.15) is 18.9 Å². The lowest BCUT2D eigenvalue weighted by Crippen LogP contribution is -2.16. The first-order valence-corrected chi connectivity index (χ1v) is 6.06. The van der Waals surface area contributed by atoms with Crippen LogP contribution < -0.4 is 11.1 Å². The fourth-order valence-corrected chi connectivity index (χ4v) is 1.32. The van der Waals surface area contributed by atoms with Gasteiger partial charge in [0.15, 0.2) is 0 Å². The van der Waals surface area contributed by atoms with E-state index in [1.54, 1.807) is 12.1 Å². The summed E-state index contributed by atoms with van der Waals surface area (Å²) in [4.78, 5) is 11.4. The van der Waals surface area contributed by atoms with Crippen LogP contribution in [0.25, 0.3) is 0 Å². The lowest BCUT2D eigenvalue weighted by Gasteiger charge is -2.07. The standard InChI is InChI=1S/C13H20N2O3/c1-2-7-17-8-9-18-13(16)15-12-5-3-11(10-14)4-6-12/h3-6H,2,7-10,14H2,1H3,(H,15,16). The summed E-state index contributed by atoms with van der Waals surface area (Å²) < 4.78 is 10.1. The van der Waals surface area contributed by atoms with Crippen molar-refractivity contribution in [2.24, 2.45) is 5.73 Å². The first-order valence-electron chi connectivity index (χ1n) is 6.06. The van der Waals surface area contributed by atoms with E-state index in [4.69, 9.17) is 15.2 Å². The number of anilines is 1. The molecule has 0 bridgehead atoms. The van der Waals surface area contributed by atoms with Gasteiger partial charge in [0, 0.05) is 18.8 Å². The minimum atomic E-state index is -0.476. The van der Waals surface area contributed by atoms with E-state index in [2.05, 4.69) is 5.32 Å². The summed E-state index contributed by atoms with van der Waals surface area (Å²) in [6, 6.07) is 7.30. The van der Waals surface area contributed by atoms with Crippen molar-refractivity contribution >= 4 is 11.8 Å². The van der Waals surface area contributed by atoms with E-state index in [1.807, 2.05) is 19.1 Å². The summed E-state index contributed by atoms with van der Waals surface area (Å²) in [6.45, 7) is 3.88. The smallest absolute Gasteiger partial charge is 0.411 e. The minimum absolute atomic E-state index is 0.257. The van der Waals surface area contributed by atoms with Gasteiger partial charge in [0.25, 0.3) is 0 Å². The second kappa shape index (κ2) is 8.49. The molecule has 0 spiro atoms. The molecule has 0 saturated heterocycles. The highest BCUT2D eigenvalue weighted by atomic mass is 16.6. The zero-order valence-corrected chi connectivity index (χ0v) is 10.6. The number of nitrogens with two attached hydrogens (primary N) is 1. The van der Waals surface area contributed by atoms with Crippen LogP contribution in [0.5, 0.6) is 0 Å².